The number of ether oxygens (including phenoxy) is 2. The van der Waals surface area contributed by atoms with E-state index in [-0.39, 0.29) is 10.8 Å². The highest BCUT2D eigenvalue weighted by Crippen LogP contribution is 2.34. The van der Waals surface area contributed by atoms with E-state index in [1.165, 1.54) is 18.5 Å². The molecule has 0 N–H and O–H groups in total. The molecule has 0 aliphatic heterocycles. The number of aryl methyl sites for hydroxylation is 1. The van der Waals surface area contributed by atoms with Gasteiger partial charge >= 0.3 is 6.61 Å². The highest BCUT2D eigenvalue weighted by atomic mass is 35.5. The number of aromatic nitrogens is 4. The van der Waals surface area contributed by atoms with E-state index >= 15 is 0 Å². The fourth-order valence-corrected chi connectivity index (χ4v) is 3.65. The van der Waals surface area contributed by atoms with Crippen molar-refractivity contribution in [2.75, 3.05) is 7.11 Å². The number of fused-ring (bicyclic) bond motifs is 1. The summed E-state index contributed by atoms with van der Waals surface area (Å²) in [5.74, 6) is 1.61. The summed E-state index contributed by atoms with van der Waals surface area (Å²) in [4.78, 5) is 13.6. The molecule has 0 spiro atoms. The number of benzene rings is 2. The van der Waals surface area contributed by atoms with Crippen LogP contribution in [0.1, 0.15) is 18.3 Å². The van der Waals surface area contributed by atoms with Crippen molar-refractivity contribution in [1.29, 1.82) is 0 Å². The molecule has 2 heterocycles. The monoisotopic (exact) mass is 444 g/mol. The number of methoxy groups -OCH3 is 1. The van der Waals surface area contributed by atoms with E-state index in [0.29, 0.717) is 35.4 Å². The molecular weight excluding hydrogens is 426 g/mol. The van der Waals surface area contributed by atoms with Crippen molar-refractivity contribution < 1.29 is 18.3 Å². The molecule has 2 aromatic heterocycles. The molecule has 2 aromatic carbocycles. The van der Waals surface area contributed by atoms with Gasteiger partial charge in [-0.25, -0.2) is 15.0 Å². The Balaban J connectivity index is 1.77. The maximum atomic E-state index is 12.5. The number of rotatable bonds is 7. The quantitative estimate of drug-likeness (QED) is 0.383. The van der Waals surface area contributed by atoms with Gasteiger partial charge in [-0.2, -0.15) is 8.78 Å². The van der Waals surface area contributed by atoms with E-state index in [1.807, 2.05) is 35.8 Å². The van der Waals surface area contributed by atoms with Crippen LogP contribution in [-0.2, 0) is 13.0 Å². The van der Waals surface area contributed by atoms with Crippen LogP contribution in [-0.4, -0.2) is 33.2 Å². The molecule has 0 saturated carbocycles. The van der Waals surface area contributed by atoms with Crippen molar-refractivity contribution in [3.8, 4) is 22.8 Å². The second-order valence-electron chi connectivity index (χ2n) is 6.73. The second kappa shape index (κ2) is 8.85. The number of nitrogens with zero attached hydrogens (tertiary/aromatic N) is 4. The SMILES string of the molecule is CCc1nc2c(-c3ccc(OC(F)F)cc3Cl)ncnc2n1Cc1ccc(OC)cc1. The lowest BCUT2D eigenvalue weighted by Gasteiger charge is -2.09. The van der Waals surface area contributed by atoms with Crippen LogP contribution in [0, 0.1) is 0 Å². The normalized spacial score (nSPS) is 11.3. The lowest BCUT2D eigenvalue weighted by atomic mass is 10.1. The van der Waals surface area contributed by atoms with E-state index in [4.69, 9.17) is 21.3 Å². The Labute approximate surface area is 182 Å². The van der Waals surface area contributed by atoms with Crippen LogP contribution in [0.3, 0.4) is 0 Å². The zero-order valence-electron chi connectivity index (χ0n) is 16.8. The molecule has 4 rings (SSSR count). The molecule has 0 aliphatic carbocycles. The molecule has 4 aromatic rings. The Hall–Kier alpha value is -3.26. The van der Waals surface area contributed by atoms with Crippen LogP contribution >= 0.6 is 11.6 Å². The molecular formula is C22H19ClF2N4O2. The molecule has 0 amide bonds. The third-order valence-corrected chi connectivity index (χ3v) is 5.16. The fraction of sp³-hybridized carbons (Fsp3) is 0.227. The van der Waals surface area contributed by atoms with Crippen molar-refractivity contribution >= 4 is 22.8 Å². The van der Waals surface area contributed by atoms with E-state index in [1.54, 1.807) is 13.2 Å². The first-order chi connectivity index (χ1) is 15.0. The first kappa shape index (κ1) is 21.0. The molecule has 0 radical (unpaired) electrons. The molecule has 6 nitrogen and oxygen atoms in total. The van der Waals surface area contributed by atoms with Gasteiger partial charge in [-0.05, 0) is 35.9 Å². The number of hydrogen-bond donors (Lipinski definition) is 0. The molecule has 0 bridgehead atoms. The Bertz CT molecular complexity index is 1210. The zero-order valence-corrected chi connectivity index (χ0v) is 17.6. The highest BCUT2D eigenvalue weighted by molar-refractivity contribution is 6.33. The Morgan fingerprint density at radius 3 is 2.45 bits per heavy atom. The second-order valence-corrected chi connectivity index (χ2v) is 7.14. The molecule has 160 valence electrons. The molecule has 0 saturated heterocycles. The van der Waals surface area contributed by atoms with Gasteiger partial charge in [0, 0.05) is 12.0 Å². The third kappa shape index (κ3) is 4.29. The van der Waals surface area contributed by atoms with Gasteiger partial charge in [0.15, 0.2) is 5.65 Å². The largest absolute Gasteiger partial charge is 0.497 e. The lowest BCUT2D eigenvalue weighted by Crippen LogP contribution is -2.05. The summed E-state index contributed by atoms with van der Waals surface area (Å²) in [6.45, 7) is -0.328. The van der Waals surface area contributed by atoms with Crippen molar-refractivity contribution in [2.45, 2.75) is 26.5 Å². The van der Waals surface area contributed by atoms with Crippen molar-refractivity contribution in [3.63, 3.8) is 0 Å². The van der Waals surface area contributed by atoms with Crippen molar-refractivity contribution in [2.24, 2.45) is 0 Å². The smallest absolute Gasteiger partial charge is 0.387 e. The summed E-state index contributed by atoms with van der Waals surface area (Å²) in [6.07, 6.45) is 2.14. The van der Waals surface area contributed by atoms with Gasteiger partial charge in [-0.3, -0.25) is 0 Å². The third-order valence-electron chi connectivity index (χ3n) is 4.85. The Kier molecular flexibility index (Phi) is 5.99. The maximum Gasteiger partial charge on any atom is 0.387 e. The zero-order chi connectivity index (χ0) is 22.0. The van der Waals surface area contributed by atoms with Crippen LogP contribution < -0.4 is 9.47 Å². The first-order valence-corrected chi connectivity index (χ1v) is 9.95. The summed E-state index contributed by atoms with van der Waals surface area (Å²) < 4.78 is 36.6. The highest BCUT2D eigenvalue weighted by Gasteiger charge is 2.18. The summed E-state index contributed by atoms with van der Waals surface area (Å²) in [5.41, 5.74) is 3.43. The predicted octanol–water partition coefficient (Wildman–Crippen LogP) is 5.37. The van der Waals surface area contributed by atoms with Gasteiger partial charge in [0.25, 0.3) is 0 Å². The fourth-order valence-electron chi connectivity index (χ4n) is 3.39. The van der Waals surface area contributed by atoms with Gasteiger partial charge in [0.05, 0.1) is 18.7 Å². The molecule has 0 atom stereocenters. The van der Waals surface area contributed by atoms with Gasteiger partial charge in [-0.15, -0.1) is 0 Å². The summed E-state index contributed by atoms with van der Waals surface area (Å²) in [5, 5.41) is 0.237. The molecule has 0 unspecified atom stereocenters. The Morgan fingerprint density at radius 2 is 1.81 bits per heavy atom. The molecule has 31 heavy (non-hydrogen) atoms. The van der Waals surface area contributed by atoms with Gasteiger partial charge in [0.1, 0.15) is 34.9 Å². The number of alkyl halides is 2. The van der Waals surface area contributed by atoms with Crippen LogP contribution in [0.2, 0.25) is 5.02 Å². The minimum absolute atomic E-state index is 0.0201. The minimum atomic E-state index is -2.92. The van der Waals surface area contributed by atoms with E-state index in [0.717, 1.165) is 17.1 Å². The first-order valence-electron chi connectivity index (χ1n) is 9.58. The van der Waals surface area contributed by atoms with Crippen LogP contribution in [0.25, 0.3) is 22.4 Å². The Morgan fingerprint density at radius 1 is 1.06 bits per heavy atom. The maximum absolute atomic E-state index is 12.5. The minimum Gasteiger partial charge on any atom is -0.497 e. The summed E-state index contributed by atoms with van der Waals surface area (Å²) >= 11 is 6.35. The lowest BCUT2D eigenvalue weighted by molar-refractivity contribution is -0.0498. The van der Waals surface area contributed by atoms with E-state index in [9.17, 15) is 8.78 Å². The average molecular weight is 445 g/mol. The summed E-state index contributed by atoms with van der Waals surface area (Å²) in [7, 11) is 1.63. The van der Waals surface area contributed by atoms with Crippen molar-refractivity contribution in [1.82, 2.24) is 19.5 Å². The molecule has 9 heteroatoms. The summed E-state index contributed by atoms with van der Waals surface area (Å²) in [6, 6.07) is 12.2. The van der Waals surface area contributed by atoms with E-state index < -0.39 is 6.61 Å². The van der Waals surface area contributed by atoms with Gasteiger partial charge < -0.3 is 14.0 Å². The van der Waals surface area contributed by atoms with Crippen LogP contribution in [0.15, 0.2) is 48.8 Å². The molecule has 0 aliphatic rings. The number of imidazole rings is 1. The number of halogens is 3. The topological polar surface area (TPSA) is 62.1 Å². The average Bonchev–Trinajstić information content (AvgIpc) is 3.12. The molecule has 0 fully saturated rings. The van der Waals surface area contributed by atoms with Crippen LogP contribution in [0.4, 0.5) is 8.78 Å². The standard InChI is InChI=1S/C22H19ClF2N4O2/c1-3-18-28-20-19(16-9-8-15(10-17(16)23)31-22(24)25)26-12-27-21(20)29(18)11-13-4-6-14(30-2)7-5-13/h4-10,12,22H,3,11H2,1-2H3. The van der Waals surface area contributed by atoms with E-state index in [2.05, 4.69) is 14.7 Å². The van der Waals surface area contributed by atoms with Gasteiger partial charge in [0.2, 0.25) is 0 Å². The van der Waals surface area contributed by atoms with Crippen LogP contribution in [0.5, 0.6) is 11.5 Å². The number of hydrogen-bond acceptors (Lipinski definition) is 5. The van der Waals surface area contributed by atoms with Crippen molar-refractivity contribution in [3.05, 3.63) is 65.2 Å². The predicted molar refractivity (Wildman–Crippen MR) is 114 cm³/mol. The van der Waals surface area contributed by atoms with Gasteiger partial charge in [-0.1, -0.05) is 30.7 Å².